The van der Waals surface area contributed by atoms with E-state index in [1.54, 1.807) is 12.1 Å². The van der Waals surface area contributed by atoms with E-state index in [4.69, 9.17) is 9.78 Å². The molecule has 0 radical (unpaired) electrons. The summed E-state index contributed by atoms with van der Waals surface area (Å²) in [7, 11) is -1.85. The van der Waals surface area contributed by atoms with Crippen molar-refractivity contribution in [2.75, 3.05) is 0 Å². The van der Waals surface area contributed by atoms with Gasteiger partial charge in [0.25, 0.3) is 0 Å². The highest BCUT2D eigenvalue weighted by atomic mass is 28.3. The first-order valence-corrected chi connectivity index (χ1v) is 11.3. The molecule has 1 aromatic rings. The highest BCUT2D eigenvalue weighted by Crippen LogP contribution is 2.31. The lowest BCUT2D eigenvalue weighted by Gasteiger charge is -2.32. The smallest absolute Gasteiger partial charge is 0.293 e. The fraction of sp³-hybridized carbons (Fsp3) is 0.450. The predicted molar refractivity (Wildman–Crippen MR) is 101 cm³/mol. The molecule has 1 fully saturated rings. The summed E-state index contributed by atoms with van der Waals surface area (Å²) in [5.74, 6) is 0.565. The van der Waals surface area contributed by atoms with Crippen LogP contribution in [0.15, 0.2) is 48.8 Å². The zero-order valence-corrected chi connectivity index (χ0v) is 16.0. The Bertz CT molecular complexity index is 585. The Labute approximate surface area is 146 Å². The van der Waals surface area contributed by atoms with E-state index in [1.807, 2.05) is 23.5 Å². The van der Waals surface area contributed by atoms with Crippen LogP contribution in [0.3, 0.4) is 0 Å². The molecule has 1 aliphatic rings. The van der Waals surface area contributed by atoms with E-state index >= 15 is 0 Å². The highest BCUT2D eigenvalue weighted by Gasteiger charge is 2.30. The molecule has 4 heteroatoms. The van der Waals surface area contributed by atoms with Gasteiger partial charge in [-0.3, -0.25) is 4.89 Å². The van der Waals surface area contributed by atoms with E-state index in [0.29, 0.717) is 17.4 Å². The largest absolute Gasteiger partial charge is 0.373 e. The molecule has 0 bridgehead atoms. The van der Waals surface area contributed by atoms with Crippen LogP contribution < -0.4 is 5.19 Å². The third-order valence-electron chi connectivity index (χ3n) is 5.47. The van der Waals surface area contributed by atoms with Crippen LogP contribution in [0.2, 0.25) is 6.55 Å². The van der Waals surface area contributed by atoms with E-state index in [-0.39, 0.29) is 6.10 Å². The van der Waals surface area contributed by atoms with Crippen LogP contribution in [-0.4, -0.2) is 20.1 Å². The van der Waals surface area contributed by atoms with Crippen molar-refractivity contribution in [2.45, 2.75) is 45.8 Å². The van der Waals surface area contributed by atoms with Gasteiger partial charge < -0.3 is 0 Å². The van der Waals surface area contributed by atoms with Crippen molar-refractivity contribution in [3.63, 3.8) is 0 Å². The van der Waals surface area contributed by atoms with Crippen LogP contribution in [0.5, 0.6) is 0 Å². The van der Waals surface area contributed by atoms with Crippen LogP contribution in [0.25, 0.3) is 0 Å². The van der Waals surface area contributed by atoms with Gasteiger partial charge in [0.15, 0.2) is 0 Å². The second-order valence-electron chi connectivity index (χ2n) is 7.04. The molecular formula is C20H28O3Si. The molecule has 1 aromatic carbocycles. The van der Waals surface area contributed by atoms with Gasteiger partial charge in [0, 0.05) is 0 Å². The summed E-state index contributed by atoms with van der Waals surface area (Å²) in [5.41, 5.74) is 4.45. The normalized spacial score (nSPS) is 24.2. The predicted octanol–water partition coefficient (Wildman–Crippen LogP) is 4.34. The van der Waals surface area contributed by atoms with Gasteiger partial charge in [-0.2, -0.15) is 4.89 Å². The molecule has 1 aliphatic carbocycles. The lowest BCUT2D eigenvalue weighted by molar-refractivity contribution is -0.292. The highest BCUT2D eigenvalue weighted by molar-refractivity contribution is 6.98. The molecule has 3 nitrogen and oxygen atoms in total. The third-order valence-corrected chi connectivity index (χ3v) is 8.74. The van der Waals surface area contributed by atoms with E-state index in [9.17, 15) is 4.79 Å². The van der Waals surface area contributed by atoms with Gasteiger partial charge in [-0.1, -0.05) is 62.0 Å². The van der Waals surface area contributed by atoms with Crippen molar-refractivity contribution >= 4 is 19.2 Å². The zero-order valence-electron chi connectivity index (χ0n) is 15.0. The van der Waals surface area contributed by atoms with Gasteiger partial charge >= 0.3 is 5.97 Å². The summed E-state index contributed by atoms with van der Waals surface area (Å²) in [6.07, 6.45) is 3.27. The average molecular weight is 345 g/mol. The van der Waals surface area contributed by atoms with Crippen LogP contribution in [0.4, 0.5) is 0 Å². The lowest BCUT2D eigenvalue weighted by Crippen LogP contribution is -2.40. The summed E-state index contributed by atoms with van der Waals surface area (Å²) in [6.45, 7) is 14.4. The first-order chi connectivity index (χ1) is 11.4. The average Bonchev–Trinajstić information content (AvgIpc) is 2.62. The molecule has 0 N–H and O–H groups in total. The Hall–Kier alpha value is -1.65. The molecule has 3 unspecified atom stereocenters. The topological polar surface area (TPSA) is 35.5 Å². The van der Waals surface area contributed by atoms with Gasteiger partial charge in [-0.25, -0.2) is 4.79 Å². The number of rotatable bonds is 6. The summed E-state index contributed by atoms with van der Waals surface area (Å²) in [4.78, 5) is 22.7. The van der Waals surface area contributed by atoms with Crippen molar-refractivity contribution in [1.82, 2.24) is 0 Å². The van der Waals surface area contributed by atoms with Crippen LogP contribution in [-0.2, 0) is 9.78 Å². The van der Waals surface area contributed by atoms with Gasteiger partial charge in [0.05, 0.1) is 5.56 Å². The summed E-state index contributed by atoms with van der Waals surface area (Å²) in [5, 5.41) is 1.17. The first-order valence-electron chi connectivity index (χ1n) is 8.66. The van der Waals surface area contributed by atoms with Crippen molar-refractivity contribution in [3.05, 3.63) is 54.4 Å². The maximum atomic E-state index is 12.2. The van der Waals surface area contributed by atoms with E-state index in [2.05, 4.69) is 33.6 Å². The molecular weight excluding hydrogens is 316 g/mol. The maximum Gasteiger partial charge on any atom is 0.373 e. The minimum Gasteiger partial charge on any atom is -0.293 e. The first kappa shape index (κ1) is 18.7. The zero-order chi connectivity index (χ0) is 17.7. The Balaban J connectivity index is 1.98. The van der Waals surface area contributed by atoms with E-state index < -0.39 is 14.0 Å². The van der Waals surface area contributed by atoms with E-state index in [0.717, 1.165) is 12.8 Å². The third kappa shape index (κ3) is 4.05. The number of benzene rings is 1. The number of hydrogen-bond donors (Lipinski definition) is 0. The Morgan fingerprint density at radius 2 is 1.79 bits per heavy atom. The Morgan fingerprint density at radius 3 is 2.38 bits per heavy atom. The maximum absolute atomic E-state index is 12.2. The fourth-order valence-electron chi connectivity index (χ4n) is 3.11. The molecule has 0 amide bonds. The molecule has 3 atom stereocenters. The number of hydrogen-bond acceptors (Lipinski definition) is 3. The quantitative estimate of drug-likeness (QED) is 0.437. The van der Waals surface area contributed by atoms with Crippen molar-refractivity contribution in [2.24, 2.45) is 11.8 Å². The Morgan fingerprint density at radius 1 is 1.17 bits per heavy atom. The van der Waals surface area contributed by atoms with Gasteiger partial charge in [0.2, 0.25) is 0 Å². The second-order valence-corrected chi connectivity index (χ2v) is 11.0. The standard InChI is InChI=1S/C20H28O3Si/c1-6-24(5,7-2)18-13-11-17(12-14-18)20(21)23-22-19-10-8-9-15(3)16(19)4/h6-7,11-16,19H,1-2,8-10H2,3-5H3. The molecule has 0 spiro atoms. The molecule has 24 heavy (non-hydrogen) atoms. The van der Waals surface area contributed by atoms with Crippen LogP contribution in [0.1, 0.15) is 43.5 Å². The van der Waals surface area contributed by atoms with E-state index in [1.165, 1.54) is 11.6 Å². The molecule has 1 saturated carbocycles. The minimum absolute atomic E-state index is 0.00537. The molecule has 2 rings (SSSR count). The SMILES string of the molecule is C=C[Si](C)(C=C)c1ccc(C(=O)OOC2CCCC(C)C2C)cc1. The summed E-state index contributed by atoms with van der Waals surface area (Å²) < 4.78 is 0. The van der Waals surface area contributed by atoms with Crippen molar-refractivity contribution in [1.29, 1.82) is 0 Å². The van der Waals surface area contributed by atoms with Crippen LogP contribution >= 0.6 is 0 Å². The molecule has 0 aromatic heterocycles. The summed E-state index contributed by atoms with van der Waals surface area (Å²) >= 11 is 0. The molecule has 130 valence electrons. The van der Waals surface area contributed by atoms with Gasteiger partial charge in [-0.05, 0) is 30.4 Å². The van der Waals surface area contributed by atoms with Gasteiger partial charge in [-0.15, -0.1) is 13.2 Å². The fourth-order valence-corrected chi connectivity index (χ4v) is 4.63. The molecule has 0 aliphatic heterocycles. The Kier molecular flexibility index (Phi) is 6.19. The van der Waals surface area contributed by atoms with Crippen molar-refractivity contribution in [3.8, 4) is 0 Å². The number of carbonyl (C=O) groups excluding carboxylic acids is 1. The lowest BCUT2D eigenvalue weighted by atomic mass is 9.80. The van der Waals surface area contributed by atoms with Crippen LogP contribution in [0, 0.1) is 11.8 Å². The summed E-state index contributed by atoms with van der Waals surface area (Å²) in [6, 6.07) is 7.48. The molecule has 0 saturated heterocycles. The van der Waals surface area contributed by atoms with Crippen molar-refractivity contribution < 1.29 is 14.6 Å². The number of carbonyl (C=O) groups is 1. The minimum atomic E-state index is -1.85. The second kappa shape index (κ2) is 7.95. The monoisotopic (exact) mass is 344 g/mol. The van der Waals surface area contributed by atoms with Gasteiger partial charge in [0.1, 0.15) is 14.2 Å². The molecule has 0 heterocycles.